The van der Waals surface area contributed by atoms with E-state index in [1.165, 1.54) is 5.39 Å². The number of hydrogen-bond acceptors (Lipinski definition) is 2. The van der Waals surface area contributed by atoms with Crippen molar-refractivity contribution < 1.29 is 4.79 Å². The van der Waals surface area contributed by atoms with Crippen molar-refractivity contribution in [2.24, 2.45) is 0 Å². The van der Waals surface area contributed by atoms with E-state index in [0.29, 0.717) is 18.5 Å². The third-order valence-corrected chi connectivity index (χ3v) is 4.18. The molecule has 1 aromatic heterocycles. The third kappa shape index (κ3) is 3.47. The molecule has 0 saturated carbocycles. The summed E-state index contributed by atoms with van der Waals surface area (Å²) in [5.41, 5.74) is 2.76. The van der Waals surface area contributed by atoms with Crippen LogP contribution in [0.5, 0.6) is 0 Å². The van der Waals surface area contributed by atoms with Gasteiger partial charge in [0.1, 0.15) is 0 Å². The maximum absolute atomic E-state index is 12.2. The molecule has 0 spiro atoms. The van der Waals surface area contributed by atoms with E-state index in [0.717, 1.165) is 11.1 Å². The molecular weight excluding hydrogens is 298 g/mol. The van der Waals surface area contributed by atoms with Crippen molar-refractivity contribution in [1.29, 1.82) is 5.26 Å². The molecule has 0 aliphatic rings. The van der Waals surface area contributed by atoms with Crippen LogP contribution in [-0.2, 0) is 11.3 Å². The van der Waals surface area contributed by atoms with Crippen molar-refractivity contribution >= 4 is 16.8 Å². The van der Waals surface area contributed by atoms with Crippen LogP contribution in [0.2, 0.25) is 0 Å². The first-order valence-electron chi connectivity index (χ1n) is 8.00. The number of carbonyl (C=O) groups excluding carboxylic acids is 1. The summed E-state index contributed by atoms with van der Waals surface area (Å²) >= 11 is 0. The van der Waals surface area contributed by atoms with E-state index in [9.17, 15) is 4.79 Å². The minimum absolute atomic E-state index is 0.0182. The molecule has 3 rings (SSSR count). The van der Waals surface area contributed by atoms with Crippen LogP contribution in [0.25, 0.3) is 10.9 Å². The molecule has 120 valence electrons. The lowest BCUT2D eigenvalue weighted by atomic mass is 10.1. The monoisotopic (exact) mass is 317 g/mol. The van der Waals surface area contributed by atoms with E-state index in [1.807, 2.05) is 37.4 Å². The van der Waals surface area contributed by atoms with Crippen molar-refractivity contribution in [3.63, 3.8) is 0 Å². The number of amides is 1. The largest absolute Gasteiger partial charge is 0.350 e. The van der Waals surface area contributed by atoms with Crippen LogP contribution in [-0.4, -0.2) is 10.5 Å². The van der Waals surface area contributed by atoms with Gasteiger partial charge in [-0.15, -0.1) is 0 Å². The normalized spacial score (nSPS) is 11.8. The van der Waals surface area contributed by atoms with Crippen LogP contribution in [0, 0.1) is 11.3 Å². The Morgan fingerprint density at radius 2 is 1.92 bits per heavy atom. The van der Waals surface area contributed by atoms with Gasteiger partial charge < -0.3 is 9.88 Å². The first-order chi connectivity index (χ1) is 11.7. The maximum Gasteiger partial charge on any atom is 0.222 e. The summed E-state index contributed by atoms with van der Waals surface area (Å²) in [6.07, 6.45) is 2.45. The van der Waals surface area contributed by atoms with E-state index in [-0.39, 0.29) is 11.9 Å². The first kappa shape index (κ1) is 15.8. The summed E-state index contributed by atoms with van der Waals surface area (Å²) in [5, 5.41) is 13.0. The van der Waals surface area contributed by atoms with Gasteiger partial charge in [-0.05, 0) is 42.1 Å². The summed E-state index contributed by atoms with van der Waals surface area (Å²) in [5.74, 6) is 0.0182. The average Bonchev–Trinajstić information content (AvgIpc) is 3.03. The van der Waals surface area contributed by atoms with Gasteiger partial charge in [-0.3, -0.25) is 4.79 Å². The Kier molecular flexibility index (Phi) is 4.62. The lowest BCUT2D eigenvalue weighted by molar-refractivity contribution is -0.121. The molecule has 2 aromatic carbocycles. The Morgan fingerprint density at radius 1 is 1.17 bits per heavy atom. The van der Waals surface area contributed by atoms with Crippen LogP contribution in [0.15, 0.2) is 60.8 Å². The Morgan fingerprint density at radius 3 is 2.67 bits per heavy atom. The zero-order valence-electron chi connectivity index (χ0n) is 13.6. The van der Waals surface area contributed by atoms with Crippen LogP contribution in [0.4, 0.5) is 0 Å². The number of nitrogens with zero attached hydrogens (tertiary/aromatic N) is 2. The smallest absolute Gasteiger partial charge is 0.222 e. The summed E-state index contributed by atoms with van der Waals surface area (Å²) < 4.78 is 2.10. The molecule has 1 heterocycles. The Labute approximate surface area is 141 Å². The van der Waals surface area contributed by atoms with Crippen molar-refractivity contribution in [2.75, 3.05) is 0 Å². The second-order valence-electron chi connectivity index (χ2n) is 5.84. The molecule has 0 bridgehead atoms. The quantitative estimate of drug-likeness (QED) is 0.778. The molecule has 1 atom stereocenters. The molecule has 1 amide bonds. The third-order valence-electron chi connectivity index (χ3n) is 4.18. The van der Waals surface area contributed by atoms with Gasteiger partial charge in [-0.2, -0.15) is 5.26 Å². The minimum Gasteiger partial charge on any atom is -0.350 e. The number of fused-ring (bicyclic) bond motifs is 1. The Balaban J connectivity index is 1.58. The Hall–Kier alpha value is -3.06. The number of benzene rings is 2. The molecule has 0 saturated heterocycles. The van der Waals surface area contributed by atoms with Crippen molar-refractivity contribution in [1.82, 2.24) is 9.88 Å². The fourth-order valence-corrected chi connectivity index (χ4v) is 2.80. The molecule has 0 aliphatic carbocycles. The van der Waals surface area contributed by atoms with Crippen molar-refractivity contribution in [3.8, 4) is 6.07 Å². The number of nitrogens with one attached hydrogen (secondary N) is 1. The van der Waals surface area contributed by atoms with Crippen LogP contribution < -0.4 is 5.32 Å². The average molecular weight is 317 g/mol. The van der Waals surface area contributed by atoms with Crippen LogP contribution >= 0.6 is 0 Å². The summed E-state index contributed by atoms with van der Waals surface area (Å²) in [6, 6.07) is 19.5. The van der Waals surface area contributed by atoms with Gasteiger partial charge in [0.05, 0.1) is 17.7 Å². The van der Waals surface area contributed by atoms with Gasteiger partial charge in [0.15, 0.2) is 0 Å². The van der Waals surface area contributed by atoms with E-state index in [4.69, 9.17) is 5.26 Å². The molecule has 24 heavy (non-hydrogen) atoms. The van der Waals surface area contributed by atoms with Crippen molar-refractivity contribution in [2.45, 2.75) is 25.9 Å². The van der Waals surface area contributed by atoms with Gasteiger partial charge in [-0.25, -0.2) is 0 Å². The van der Waals surface area contributed by atoms with Crippen LogP contribution in [0.3, 0.4) is 0 Å². The zero-order chi connectivity index (χ0) is 16.9. The van der Waals surface area contributed by atoms with Gasteiger partial charge in [0.2, 0.25) is 5.91 Å². The molecule has 3 aromatic rings. The summed E-state index contributed by atoms with van der Waals surface area (Å²) in [6.45, 7) is 2.60. The van der Waals surface area contributed by atoms with E-state index >= 15 is 0 Å². The van der Waals surface area contributed by atoms with Gasteiger partial charge in [-0.1, -0.05) is 30.3 Å². The van der Waals surface area contributed by atoms with E-state index in [2.05, 4.69) is 34.2 Å². The predicted octanol–water partition coefficient (Wildman–Crippen LogP) is 3.78. The number of hydrogen-bond donors (Lipinski definition) is 1. The fourth-order valence-electron chi connectivity index (χ4n) is 2.80. The molecular formula is C20H19N3O. The molecule has 4 heteroatoms. The SMILES string of the molecule is CC(NC(=O)CCn1ccc2ccccc21)c1ccc(C#N)cc1. The lowest BCUT2D eigenvalue weighted by Crippen LogP contribution is -2.27. The van der Waals surface area contributed by atoms with Gasteiger partial charge in [0, 0.05) is 24.7 Å². The highest BCUT2D eigenvalue weighted by atomic mass is 16.1. The fraction of sp³-hybridized carbons (Fsp3) is 0.200. The second kappa shape index (κ2) is 7.01. The highest BCUT2D eigenvalue weighted by Gasteiger charge is 2.10. The lowest BCUT2D eigenvalue weighted by Gasteiger charge is -2.15. The predicted molar refractivity (Wildman–Crippen MR) is 94.3 cm³/mol. The topological polar surface area (TPSA) is 57.8 Å². The number of carbonyl (C=O) groups is 1. The van der Waals surface area contributed by atoms with Crippen molar-refractivity contribution in [3.05, 3.63) is 71.9 Å². The first-order valence-corrected chi connectivity index (χ1v) is 8.00. The van der Waals surface area contributed by atoms with Gasteiger partial charge in [0.25, 0.3) is 0 Å². The molecule has 0 aliphatic heterocycles. The number of nitriles is 1. The molecule has 1 unspecified atom stereocenters. The highest BCUT2D eigenvalue weighted by Crippen LogP contribution is 2.16. The van der Waals surface area contributed by atoms with Gasteiger partial charge >= 0.3 is 0 Å². The number of rotatable bonds is 5. The van der Waals surface area contributed by atoms with E-state index < -0.39 is 0 Å². The van der Waals surface area contributed by atoms with E-state index in [1.54, 1.807) is 12.1 Å². The maximum atomic E-state index is 12.2. The molecule has 0 fully saturated rings. The minimum atomic E-state index is -0.0772. The molecule has 1 N–H and O–H groups in total. The molecule has 4 nitrogen and oxygen atoms in total. The number of aryl methyl sites for hydroxylation is 1. The standard InChI is InChI=1S/C20H19N3O/c1-15(17-8-6-16(14-21)7-9-17)22-20(24)11-13-23-12-10-18-4-2-3-5-19(18)23/h2-10,12,15H,11,13H2,1H3,(H,22,24). The number of para-hydroxylation sites is 1. The molecule has 0 radical (unpaired) electrons. The summed E-state index contributed by atoms with van der Waals surface area (Å²) in [7, 11) is 0. The Bertz CT molecular complexity index is 887. The second-order valence-corrected chi connectivity index (χ2v) is 5.84. The summed E-state index contributed by atoms with van der Waals surface area (Å²) in [4.78, 5) is 12.2. The number of aromatic nitrogens is 1. The highest BCUT2D eigenvalue weighted by molar-refractivity contribution is 5.80. The zero-order valence-corrected chi connectivity index (χ0v) is 13.6. The van der Waals surface area contributed by atoms with Crippen LogP contribution in [0.1, 0.15) is 30.5 Å².